The van der Waals surface area contributed by atoms with Crippen LogP contribution in [0.3, 0.4) is 0 Å². The number of ether oxygens (including phenoxy) is 1. The number of hydrogen-bond acceptors (Lipinski definition) is 4. The molecule has 0 aliphatic heterocycles. The molecule has 1 unspecified atom stereocenters. The van der Waals surface area contributed by atoms with Crippen molar-refractivity contribution >= 4 is 34.8 Å². The highest BCUT2D eigenvalue weighted by molar-refractivity contribution is 7.18. The lowest BCUT2D eigenvalue weighted by molar-refractivity contribution is -0.147. The predicted molar refractivity (Wildman–Crippen MR) is 67.5 cm³/mol. The van der Waals surface area contributed by atoms with Gasteiger partial charge in [-0.1, -0.05) is 18.5 Å². The van der Waals surface area contributed by atoms with Crippen LogP contribution in [0.5, 0.6) is 0 Å². The Balaban J connectivity index is 2.82. The van der Waals surface area contributed by atoms with Gasteiger partial charge in [-0.25, -0.2) is 4.79 Å². The van der Waals surface area contributed by atoms with Gasteiger partial charge >= 0.3 is 5.97 Å². The Morgan fingerprint density at radius 1 is 1.53 bits per heavy atom. The fourth-order valence-electron chi connectivity index (χ4n) is 1.26. The molecule has 17 heavy (non-hydrogen) atoms. The van der Waals surface area contributed by atoms with Gasteiger partial charge in [0.1, 0.15) is 5.54 Å². The summed E-state index contributed by atoms with van der Waals surface area (Å²) in [5.74, 6) is -0.785. The van der Waals surface area contributed by atoms with Crippen LogP contribution < -0.4 is 5.32 Å². The van der Waals surface area contributed by atoms with Crippen LogP contribution in [0.1, 0.15) is 29.9 Å². The van der Waals surface area contributed by atoms with Gasteiger partial charge in [-0.3, -0.25) is 4.79 Å². The van der Waals surface area contributed by atoms with Gasteiger partial charge in [-0.2, -0.15) is 0 Å². The van der Waals surface area contributed by atoms with Crippen molar-refractivity contribution in [2.24, 2.45) is 0 Å². The van der Waals surface area contributed by atoms with E-state index in [0.717, 1.165) is 0 Å². The fraction of sp³-hybridized carbons (Fsp3) is 0.455. The summed E-state index contributed by atoms with van der Waals surface area (Å²) in [6, 6.07) is 3.26. The van der Waals surface area contributed by atoms with Gasteiger partial charge in [-0.05, 0) is 25.5 Å². The van der Waals surface area contributed by atoms with Gasteiger partial charge < -0.3 is 10.1 Å². The molecule has 0 aliphatic carbocycles. The highest BCUT2D eigenvalue weighted by Gasteiger charge is 2.34. The van der Waals surface area contributed by atoms with Crippen LogP contribution in [0.2, 0.25) is 4.34 Å². The Labute approximate surface area is 109 Å². The molecule has 0 saturated heterocycles. The lowest BCUT2D eigenvalue weighted by Gasteiger charge is -2.26. The van der Waals surface area contributed by atoms with Crippen LogP contribution in [0.25, 0.3) is 0 Å². The SMILES string of the molecule is CCC(C)(NC(=O)c1ccc(Cl)s1)C(=O)OC. The molecule has 1 aromatic rings. The van der Waals surface area contributed by atoms with Crippen LogP contribution in [-0.2, 0) is 9.53 Å². The predicted octanol–water partition coefficient (Wildman–Crippen LogP) is 2.47. The van der Waals surface area contributed by atoms with Crippen molar-refractivity contribution < 1.29 is 14.3 Å². The minimum Gasteiger partial charge on any atom is -0.467 e. The first-order valence-electron chi connectivity index (χ1n) is 5.09. The average Bonchev–Trinajstić information content (AvgIpc) is 2.74. The second kappa shape index (κ2) is 5.51. The third-order valence-corrected chi connectivity index (χ3v) is 3.76. The molecule has 0 aromatic carbocycles. The van der Waals surface area contributed by atoms with Crippen molar-refractivity contribution in [1.29, 1.82) is 0 Å². The third-order valence-electron chi connectivity index (χ3n) is 2.53. The number of hydrogen-bond donors (Lipinski definition) is 1. The molecule has 1 N–H and O–H groups in total. The summed E-state index contributed by atoms with van der Waals surface area (Å²) in [6.07, 6.45) is 0.449. The summed E-state index contributed by atoms with van der Waals surface area (Å²) in [5.41, 5.74) is -1.01. The van der Waals surface area contributed by atoms with Crippen molar-refractivity contribution in [3.63, 3.8) is 0 Å². The molecule has 1 heterocycles. The van der Waals surface area contributed by atoms with Crippen molar-refractivity contribution in [1.82, 2.24) is 5.32 Å². The van der Waals surface area contributed by atoms with Crippen LogP contribution >= 0.6 is 22.9 Å². The lowest BCUT2D eigenvalue weighted by Crippen LogP contribution is -2.52. The molecular weight excluding hydrogens is 262 g/mol. The summed E-state index contributed by atoms with van der Waals surface area (Å²) >= 11 is 6.91. The van der Waals surface area contributed by atoms with Gasteiger partial charge in [0, 0.05) is 0 Å². The smallest absolute Gasteiger partial charge is 0.331 e. The van der Waals surface area contributed by atoms with E-state index in [1.807, 2.05) is 0 Å². The molecule has 0 bridgehead atoms. The molecule has 0 saturated carbocycles. The third kappa shape index (κ3) is 3.20. The van der Waals surface area contributed by atoms with Crippen LogP contribution in [0.15, 0.2) is 12.1 Å². The largest absolute Gasteiger partial charge is 0.467 e. The summed E-state index contributed by atoms with van der Waals surface area (Å²) in [5, 5.41) is 2.66. The second-order valence-electron chi connectivity index (χ2n) is 3.74. The first kappa shape index (κ1) is 14.0. The van der Waals surface area contributed by atoms with E-state index in [1.54, 1.807) is 26.0 Å². The number of methoxy groups -OCH3 is 1. The Morgan fingerprint density at radius 2 is 2.18 bits per heavy atom. The minimum atomic E-state index is -1.01. The van der Waals surface area contributed by atoms with Gasteiger partial charge in [0.05, 0.1) is 16.3 Å². The quantitative estimate of drug-likeness (QED) is 0.859. The van der Waals surface area contributed by atoms with E-state index in [1.165, 1.54) is 18.4 Å². The Hall–Kier alpha value is -1.07. The summed E-state index contributed by atoms with van der Waals surface area (Å²) in [6.45, 7) is 3.44. The number of esters is 1. The van der Waals surface area contributed by atoms with E-state index >= 15 is 0 Å². The number of carbonyl (C=O) groups excluding carboxylic acids is 2. The zero-order valence-electron chi connectivity index (χ0n) is 9.87. The number of halogens is 1. The normalized spacial score (nSPS) is 13.9. The highest BCUT2D eigenvalue weighted by atomic mass is 35.5. The molecule has 4 nitrogen and oxygen atoms in total. The molecule has 0 aliphatic rings. The molecule has 0 radical (unpaired) electrons. The number of amides is 1. The maximum atomic E-state index is 11.9. The number of carbonyl (C=O) groups is 2. The van der Waals surface area contributed by atoms with Gasteiger partial charge in [0.15, 0.2) is 0 Å². The number of nitrogens with one attached hydrogen (secondary N) is 1. The maximum absolute atomic E-state index is 11.9. The topological polar surface area (TPSA) is 55.4 Å². The molecule has 0 fully saturated rings. The number of thiophene rings is 1. The standard InChI is InChI=1S/C11H14ClNO3S/c1-4-11(2,10(15)16-3)13-9(14)7-5-6-8(12)17-7/h5-6H,4H2,1-3H3,(H,13,14). The minimum absolute atomic E-state index is 0.323. The van der Waals surface area contributed by atoms with E-state index in [4.69, 9.17) is 11.6 Å². The van der Waals surface area contributed by atoms with E-state index in [2.05, 4.69) is 10.1 Å². The molecule has 1 aromatic heterocycles. The molecule has 1 rings (SSSR count). The fourth-order valence-corrected chi connectivity index (χ4v) is 2.20. The molecule has 1 amide bonds. The van der Waals surface area contributed by atoms with Gasteiger partial charge in [0.2, 0.25) is 0 Å². The molecule has 94 valence electrons. The summed E-state index contributed by atoms with van der Waals surface area (Å²) in [4.78, 5) is 23.9. The van der Waals surface area contributed by atoms with Crippen LogP contribution in [0, 0.1) is 0 Å². The van der Waals surface area contributed by atoms with Gasteiger partial charge in [0.25, 0.3) is 5.91 Å². The highest BCUT2D eigenvalue weighted by Crippen LogP contribution is 2.22. The maximum Gasteiger partial charge on any atom is 0.331 e. The Kier molecular flexibility index (Phi) is 4.54. The zero-order valence-corrected chi connectivity index (χ0v) is 11.4. The molecular formula is C11H14ClNO3S. The van der Waals surface area contributed by atoms with E-state index in [-0.39, 0.29) is 5.91 Å². The van der Waals surface area contributed by atoms with E-state index in [0.29, 0.717) is 15.6 Å². The lowest BCUT2D eigenvalue weighted by atomic mass is 9.99. The molecule has 6 heteroatoms. The zero-order chi connectivity index (χ0) is 13.1. The summed E-state index contributed by atoms with van der Waals surface area (Å²) < 4.78 is 5.21. The van der Waals surface area contributed by atoms with Crippen molar-refractivity contribution in [3.8, 4) is 0 Å². The van der Waals surface area contributed by atoms with Crippen molar-refractivity contribution in [3.05, 3.63) is 21.3 Å². The van der Waals surface area contributed by atoms with Crippen molar-refractivity contribution in [2.75, 3.05) is 7.11 Å². The first-order chi connectivity index (χ1) is 7.92. The summed E-state index contributed by atoms with van der Waals surface area (Å²) in [7, 11) is 1.30. The van der Waals surface area contributed by atoms with Crippen LogP contribution in [-0.4, -0.2) is 24.5 Å². The Morgan fingerprint density at radius 3 is 2.59 bits per heavy atom. The van der Waals surface area contributed by atoms with E-state index in [9.17, 15) is 9.59 Å². The number of rotatable bonds is 4. The van der Waals surface area contributed by atoms with Gasteiger partial charge in [-0.15, -0.1) is 11.3 Å². The van der Waals surface area contributed by atoms with Crippen molar-refractivity contribution in [2.45, 2.75) is 25.8 Å². The Bertz CT molecular complexity index is 432. The molecule has 0 spiro atoms. The monoisotopic (exact) mass is 275 g/mol. The van der Waals surface area contributed by atoms with E-state index < -0.39 is 11.5 Å². The van der Waals surface area contributed by atoms with Crippen LogP contribution in [0.4, 0.5) is 0 Å². The average molecular weight is 276 g/mol. The molecule has 1 atom stereocenters. The first-order valence-corrected chi connectivity index (χ1v) is 6.28. The second-order valence-corrected chi connectivity index (χ2v) is 5.45.